The summed E-state index contributed by atoms with van der Waals surface area (Å²) in [6.07, 6.45) is 7.15. The fraction of sp³-hybridized carbons (Fsp3) is 0.364. The Bertz CT molecular complexity index is 319. The van der Waals surface area contributed by atoms with Crippen LogP contribution in [0.3, 0.4) is 0 Å². The van der Waals surface area contributed by atoms with Crippen LogP contribution in [0.5, 0.6) is 5.88 Å². The summed E-state index contributed by atoms with van der Waals surface area (Å²) in [6, 6.07) is 3.75. The van der Waals surface area contributed by atoms with Gasteiger partial charge in [-0.25, -0.2) is 4.98 Å². The molecule has 0 aliphatic heterocycles. The zero-order chi connectivity index (χ0) is 9.90. The minimum atomic E-state index is -0.265. The third-order valence-corrected chi connectivity index (χ3v) is 2.03. The highest BCUT2D eigenvalue weighted by molar-refractivity contribution is 5.31. The topological polar surface area (TPSA) is 22.1 Å². The van der Waals surface area contributed by atoms with Gasteiger partial charge in [0.1, 0.15) is 0 Å². The molecule has 0 N–H and O–H groups in total. The molecule has 1 heterocycles. The van der Waals surface area contributed by atoms with Crippen molar-refractivity contribution in [1.82, 2.24) is 4.98 Å². The number of hydrogen-bond donors (Lipinski definition) is 0. The van der Waals surface area contributed by atoms with E-state index in [2.05, 4.69) is 10.9 Å². The van der Waals surface area contributed by atoms with E-state index in [-0.39, 0.29) is 5.41 Å². The molecule has 0 amide bonds. The highest BCUT2D eigenvalue weighted by atomic mass is 16.5. The molecule has 0 saturated heterocycles. The first-order valence-corrected chi connectivity index (χ1v) is 4.08. The molecule has 0 radical (unpaired) electrons. The second kappa shape index (κ2) is 3.49. The molecule has 68 valence electrons. The summed E-state index contributed by atoms with van der Waals surface area (Å²) in [5.74, 6) is 3.32. The maximum absolute atomic E-state index is 5.40. The summed E-state index contributed by atoms with van der Waals surface area (Å²) in [5, 5.41) is 0. The molecule has 2 heteroatoms. The first-order chi connectivity index (χ1) is 6.10. The number of pyridine rings is 1. The van der Waals surface area contributed by atoms with Crippen LogP contribution in [0.2, 0.25) is 0 Å². The molecule has 0 unspecified atom stereocenters. The van der Waals surface area contributed by atoms with E-state index in [0.29, 0.717) is 5.88 Å². The molecule has 1 aromatic rings. The van der Waals surface area contributed by atoms with E-state index in [9.17, 15) is 0 Å². The summed E-state index contributed by atoms with van der Waals surface area (Å²) in [7, 11) is 1.59. The van der Waals surface area contributed by atoms with E-state index in [1.54, 1.807) is 13.3 Å². The summed E-state index contributed by atoms with van der Waals surface area (Å²) in [6.45, 7) is 3.97. The minimum absolute atomic E-state index is 0.265. The van der Waals surface area contributed by atoms with Crippen LogP contribution in [0.15, 0.2) is 18.3 Å². The first-order valence-electron chi connectivity index (χ1n) is 4.08. The maximum Gasteiger partial charge on any atom is 0.212 e. The van der Waals surface area contributed by atoms with Gasteiger partial charge in [0, 0.05) is 12.3 Å². The van der Waals surface area contributed by atoms with E-state index in [4.69, 9.17) is 11.2 Å². The van der Waals surface area contributed by atoms with Gasteiger partial charge in [0.2, 0.25) is 5.88 Å². The van der Waals surface area contributed by atoms with E-state index < -0.39 is 0 Å². The second-order valence-electron chi connectivity index (χ2n) is 3.36. The third-order valence-electron chi connectivity index (χ3n) is 2.03. The van der Waals surface area contributed by atoms with Crippen molar-refractivity contribution in [1.29, 1.82) is 0 Å². The number of rotatable bonds is 2. The van der Waals surface area contributed by atoms with Gasteiger partial charge in [0.25, 0.3) is 0 Å². The molecule has 0 saturated carbocycles. The van der Waals surface area contributed by atoms with Crippen molar-refractivity contribution in [3.05, 3.63) is 23.9 Å². The zero-order valence-electron chi connectivity index (χ0n) is 8.16. The van der Waals surface area contributed by atoms with Crippen LogP contribution in [0.25, 0.3) is 0 Å². The lowest BCUT2D eigenvalue weighted by Gasteiger charge is -2.17. The fourth-order valence-electron chi connectivity index (χ4n) is 0.954. The van der Waals surface area contributed by atoms with E-state index in [1.807, 2.05) is 26.0 Å². The Hall–Kier alpha value is -1.49. The first kappa shape index (κ1) is 9.60. The quantitative estimate of drug-likeness (QED) is 0.641. The van der Waals surface area contributed by atoms with Crippen molar-refractivity contribution in [2.24, 2.45) is 0 Å². The number of aromatic nitrogens is 1. The van der Waals surface area contributed by atoms with Crippen LogP contribution >= 0.6 is 0 Å². The van der Waals surface area contributed by atoms with E-state index >= 15 is 0 Å². The van der Waals surface area contributed by atoms with E-state index in [1.165, 1.54) is 0 Å². The van der Waals surface area contributed by atoms with E-state index in [0.717, 1.165) is 5.56 Å². The Kier molecular flexibility index (Phi) is 2.57. The molecule has 2 nitrogen and oxygen atoms in total. The third kappa shape index (κ3) is 2.00. The van der Waals surface area contributed by atoms with Gasteiger partial charge >= 0.3 is 0 Å². The van der Waals surface area contributed by atoms with Gasteiger partial charge < -0.3 is 4.74 Å². The minimum Gasteiger partial charge on any atom is -0.481 e. The molecule has 0 aliphatic rings. The molecule has 1 rings (SSSR count). The predicted molar refractivity (Wildman–Crippen MR) is 52.6 cm³/mol. The Labute approximate surface area is 79.0 Å². The zero-order valence-corrected chi connectivity index (χ0v) is 8.16. The van der Waals surface area contributed by atoms with Crippen molar-refractivity contribution in [3.63, 3.8) is 0 Å². The molecule has 13 heavy (non-hydrogen) atoms. The highest BCUT2D eigenvalue weighted by Crippen LogP contribution is 2.22. The molecular weight excluding hydrogens is 162 g/mol. The summed E-state index contributed by atoms with van der Waals surface area (Å²) in [4.78, 5) is 4.09. The Morgan fingerprint density at radius 1 is 1.46 bits per heavy atom. The Balaban J connectivity index is 3.00. The lowest BCUT2D eigenvalue weighted by molar-refractivity contribution is 0.397. The van der Waals surface area contributed by atoms with Crippen molar-refractivity contribution in [2.45, 2.75) is 19.3 Å². The monoisotopic (exact) mass is 175 g/mol. The van der Waals surface area contributed by atoms with Gasteiger partial charge in [-0.05, 0) is 19.4 Å². The average molecular weight is 175 g/mol. The fourth-order valence-corrected chi connectivity index (χ4v) is 0.954. The molecule has 0 atom stereocenters. The van der Waals surface area contributed by atoms with Crippen molar-refractivity contribution in [3.8, 4) is 18.2 Å². The summed E-state index contributed by atoms with van der Waals surface area (Å²) >= 11 is 0. The summed E-state index contributed by atoms with van der Waals surface area (Å²) in [5.41, 5.74) is 0.759. The Morgan fingerprint density at radius 2 is 2.15 bits per heavy atom. The summed E-state index contributed by atoms with van der Waals surface area (Å²) < 4.78 is 4.95. The number of terminal acetylenes is 1. The van der Waals surface area contributed by atoms with Gasteiger partial charge in [-0.1, -0.05) is 12.0 Å². The molecule has 0 fully saturated rings. The normalized spacial score (nSPS) is 10.6. The predicted octanol–water partition coefficient (Wildman–Crippen LogP) is 2.00. The van der Waals surface area contributed by atoms with Crippen LogP contribution in [0.4, 0.5) is 0 Å². The number of hydrogen-bond acceptors (Lipinski definition) is 2. The van der Waals surface area contributed by atoms with Crippen LogP contribution in [-0.2, 0) is 5.41 Å². The van der Waals surface area contributed by atoms with Crippen LogP contribution < -0.4 is 4.74 Å². The number of methoxy groups -OCH3 is 1. The highest BCUT2D eigenvalue weighted by Gasteiger charge is 2.17. The van der Waals surface area contributed by atoms with Gasteiger partial charge in [-0.2, -0.15) is 0 Å². The van der Waals surface area contributed by atoms with Gasteiger partial charge in [-0.3, -0.25) is 0 Å². The molecule has 0 bridgehead atoms. The molecular formula is C11H13NO. The van der Waals surface area contributed by atoms with Gasteiger partial charge in [-0.15, -0.1) is 6.42 Å². The average Bonchev–Trinajstić information content (AvgIpc) is 2.18. The van der Waals surface area contributed by atoms with Crippen molar-refractivity contribution in [2.75, 3.05) is 7.11 Å². The van der Waals surface area contributed by atoms with Crippen LogP contribution in [-0.4, -0.2) is 12.1 Å². The maximum atomic E-state index is 5.40. The lowest BCUT2D eigenvalue weighted by atomic mass is 9.87. The molecule has 0 spiro atoms. The van der Waals surface area contributed by atoms with Crippen molar-refractivity contribution < 1.29 is 4.74 Å². The molecule has 0 aromatic carbocycles. The standard InChI is InChI=1S/C11H13NO/c1-5-11(2,3)9-6-7-10(13-4)12-8-9/h1,6-8H,2-4H3. The van der Waals surface area contributed by atoms with Crippen LogP contribution in [0.1, 0.15) is 19.4 Å². The molecule has 0 aliphatic carbocycles. The van der Waals surface area contributed by atoms with Crippen LogP contribution in [0, 0.1) is 12.3 Å². The smallest absolute Gasteiger partial charge is 0.212 e. The number of nitrogens with zero attached hydrogens (tertiary/aromatic N) is 1. The lowest BCUT2D eigenvalue weighted by Crippen LogP contribution is -2.13. The van der Waals surface area contributed by atoms with Crippen molar-refractivity contribution >= 4 is 0 Å². The SMILES string of the molecule is C#CC(C)(C)c1ccc(OC)nc1. The second-order valence-corrected chi connectivity index (χ2v) is 3.36. The largest absolute Gasteiger partial charge is 0.481 e. The Morgan fingerprint density at radius 3 is 2.54 bits per heavy atom. The molecule has 1 aromatic heterocycles. The van der Waals surface area contributed by atoms with Gasteiger partial charge in [0.15, 0.2) is 0 Å². The van der Waals surface area contributed by atoms with Gasteiger partial charge in [0.05, 0.1) is 12.5 Å². The number of ether oxygens (including phenoxy) is 1.